The van der Waals surface area contributed by atoms with Crippen LogP contribution < -0.4 is 0 Å². The van der Waals surface area contributed by atoms with Crippen molar-refractivity contribution >= 4 is 16.0 Å². The van der Waals surface area contributed by atoms with Crippen LogP contribution in [-0.2, 0) is 14.8 Å². The molecular formula is C10H13FN2O4S. The summed E-state index contributed by atoms with van der Waals surface area (Å²) in [7, 11) is -2.93. The number of carboxylic acid groups (broad SMARTS) is 1. The number of nitrogens with zero attached hydrogens (tertiary/aromatic N) is 2. The highest BCUT2D eigenvalue weighted by Gasteiger charge is 2.31. The summed E-state index contributed by atoms with van der Waals surface area (Å²) < 4.78 is 37.7. The Balaban J connectivity index is 3.18. The number of carbonyl (C=O) groups is 1. The number of aliphatic carboxylic acids is 1. The third-order valence-corrected chi connectivity index (χ3v) is 4.30. The summed E-state index contributed by atoms with van der Waals surface area (Å²) in [6.45, 7) is 1.55. The Labute approximate surface area is 104 Å². The van der Waals surface area contributed by atoms with Crippen LogP contribution >= 0.6 is 0 Å². The highest BCUT2D eigenvalue weighted by Crippen LogP contribution is 2.17. The van der Waals surface area contributed by atoms with Gasteiger partial charge in [0, 0.05) is 13.2 Å². The molecule has 1 atom stereocenters. The second-order valence-electron chi connectivity index (χ2n) is 3.62. The van der Waals surface area contributed by atoms with E-state index in [1.165, 1.54) is 0 Å². The second kappa shape index (κ2) is 5.40. The maximum Gasteiger partial charge on any atom is 0.321 e. The van der Waals surface area contributed by atoms with Gasteiger partial charge in [0.25, 0.3) is 0 Å². The first-order valence-electron chi connectivity index (χ1n) is 5.12. The lowest BCUT2D eigenvalue weighted by atomic mass is 10.2. The molecule has 1 rings (SSSR count). The molecule has 1 aromatic heterocycles. The molecule has 1 heterocycles. The summed E-state index contributed by atoms with van der Waals surface area (Å²) in [5.74, 6) is -2.05. The molecule has 1 aromatic rings. The average molecular weight is 276 g/mol. The molecule has 6 nitrogen and oxygen atoms in total. The van der Waals surface area contributed by atoms with Gasteiger partial charge in [-0.3, -0.25) is 9.78 Å². The lowest BCUT2D eigenvalue weighted by Crippen LogP contribution is -2.41. The number of hydrogen-bond acceptors (Lipinski definition) is 4. The highest BCUT2D eigenvalue weighted by atomic mass is 32.2. The van der Waals surface area contributed by atoms with E-state index in [9.17, 15) is 17.6 Å². The third-order valence-electron chi connectivity index (χ3n) is 2.47. The summed E-state index contributed by atoms with van der Waals surface area (Å²) in [4.78, 5) is 14.0. The van der Waals surface area contributed by atoms with Crippen LogP contribution in [0.5, 0.6) is 0 Å². The number of rotatable bonds is 5. The number of sulfonamides is 1. The molecule has 0 saturated carbocycles. The van der Waals surface area contributed by atoms with E-state index in [1.807, 2.05) is 0 Å². The molecule has 8 heteroatoms. The van der Waals surface area contributed by atoms with Gasteiger partial charge in [0.2, 0.25) is 10.0 Å². The number of halogens is 1. The lowest BCUT2D eigenvalue weighted by molar-refractivity contribution is -0.141. The smallest absolute Gasteiger partial charge is 0.321 e. The maximum atomic E-state index is 12.9. The Morgan fingerprint density at radius 3 is 2.61 bits per heavy atom. The standard InChI is InChI=1S/C10H13FN2O4S/c1-3-9(10(14)15)13(2)18(16,17)8-4-7(11)5-12-6-8/h4-6,9H,3H2,1-2H3,(H,14,15). The molecule has 0 amide bonds. The van der Waals surface area contributed by atoms with Gasteiger partial charge in [-0.15, -0.1) is 0 Å². The molecule has 0 aliphatic carbocycles. The van der Waals surface area contributed by atoms with Gasteiger partial charge in [-0.2, -0.15) is 4.31 Å². The molecule has 100 valence electrons. The Bertz CT molecular complexity index is 547. The highest BCUT2D eigenvalue weighted by molar-refractivity contribution is 7.89. The van der Waals surface area contributed by atoms with Crippen molar-refractivity contribution in [3.8, 4) is 0 Å². The first-order valence-corrected chi connectivity index (χ1v) is 6.56. The fraction of sp³-hybridized carbons (Fsp3) is 0.400. The van der Waals surface area contributed by atoms with Crippen LogP contribution in [0.4, 0.5) is 4.39 Å². The molecule has 0 spiro atoms. The van der Waals surface area contributed by atoms with Gasteiger partial charge in [0.15, 0.2) is 0 Å². The van der Waals surface area contributed by atoms with Crippen molar-refractivity contribution in [2.24, 2.45) is 0 Å². The molecule has 0 radical (unpaired) electrons. The van der Waals surface area contributed by atoms with E-state index in [0.29, 0.717) is 4.31 Å². The number of hydrogen-bond donors (Lipinski definition) is 1. The van der Waals surface area contributed by atoms with E-state index >= 15 is 0 Å². The number of likely N-dealkylation sites (N-methyl/N-ethyl adjacent to an activating group) is 1. The van der Waals surface area contributed by atoms with E-state index < -0.39 is 27.9 Å². The summed E-state index contributed by atoms with van der Waals surface area (Å²) in [6.07, 6.45) is 1.95. The van der Waals surface area contributed by atoms with Gasteiger partial charge in [0.1, 0.15) is 16.8 Å². The van der Waals surface area contributed by atoms with Gasteiger partial charge in [-0.25, -0.2) is 12.8 Å². The van der Waals surface area contributed by atoms with Crippen molar-refractivity contribution in [2.45, 2.75) is 24.3 Å². The van der Waals surface area contributed by atoms with Crippen LogP contribution in [0.25, 0.3) is 0 Å². The van der Waals surface area contributed by atoms with Crippen molar-refractivity contribution < 1.29 is 22.7 Å². The molecule has 0 aliphatic rings. The van der Waals surface area contributed by atoms with Crippen LogP contribution in [0.2, 0.25) is 0 Å². The van der Waals surface area contributed by atoms with Gasteiger partial charge in [-0.1, -0.05) is 6.92 Å². The molecule has 0 fully saturated rings. The lowest BCUT2D eigenvalue weighted by Gasteiger charge is -2.22. The monoisotopic (exact) mass is 276 g/mol. The van der Waals surface area contributed by atoms with Crippen molar-refractivity contribution in [1.82, 2.24) is 9.29 Å². The fourth-order valence-corrected chi connectivity index (χ4v) is 2.82. The first kappa shape index (κ1) is 14.5. The molecule has 1 N–H and O–H groups in total. The summed E-state index contributed by atoms with van der Waals surface area (Å²) in [5.41, 5.74) is 0. The minimum atomic E-state index is -4.07. The van der Waals surface area contributed by atoms with Crippen molar-refractivity contribution in [1.29, 1.82) is 0 Å². The predicted octanol–water partition coefficient (Wildman–Crippen LogP) is 0.704. The van der Waals surface area contributed by atoms with E-state index in [-0.39, 0.29) is 11.3 Å². The molecular weight excluding hydrogens is 263 g/mol. The van der Waals surface area contributed by atoms with Gasteiger partial charge >= 0.3 is 5.97 Å². The van der Waals surface area contributed by atoms with Crippen LogP contribution in [0, 0.1) is 5.82 Å². The molecule has 0 aromatic carbocycles. The minimum Gasteiger partial charge on any atom is -0.480 e. The van der Waals surface area contributed by atoms with E-state index in [1.54, 1.807) is 6.92 Å². The van der Waals surface area contributed by atoms with Gasteiger partial charge in [0.05, 0.1) is 6.20 Å². The average Bonchev–Trinajstić information content (AvgIpc) is 2.29. The van der Waals surface area contributed by atoms with Crippen LogP contribution in [0.15, 0.2) is 23.4 Å². The quantitative estimate of drug-likeness (QED) is 0.855. The van der Waals surface area contributed by atoms with Gasteiger partial charge < -0.3 is 5.11 Å². The molecule has 18 heavy (non-hydrogen) atoms. The number of carboxylic acids is 1. The summed E-state index contributed by atoms with van der Waals surface area (Å²) in [6, 6.07) is -0.397. The van der Waals surface area contributed by atoms with Crippen LogP contribution in [0.1, 0.15) is 13.3 Å². The molecule has 0 aliphatic heterocycles. The fourth-order valence-electron chi connectivity index (χ4n) is 1.45. The SMILES string of the molecule is CCC(C(=O)O)N(C)S(=O)(=O)c1cncc(F)c1. The predicted molar refractivity (Wildman–Crippen MR) is 60.9 cm³/mol. The molecule has 1 unspecified atom stereocenters. The minimum absolute atomic E-state index is 0.105. The Hall–Kier alpha value is -1.54. The zero-order valence-electron chi connectivity index (χ0n) is 9.87. The van der Waals surface area contributed by atoms with Crippen molar-refractivity contribution in [3.63, 3.8) is 0 Å². The number of pyridine rings is 1. The second-order valence-corrected chi connectivity index (χ2v) is 5.62. The Morgan fingerprint density at radius 2 is 2.17 bits per heavy atom. The Morgan fingerprint density at radius 1 is 1.56 bits per heavy atom. The first-order chi connectivity index (χ1) is 8.30. The van der Waals surface area contributed by atoms with Crippen molar-refractivity contribution in [2.75, 3.05) is 7.05 Å². The van der Waals surface area contributed by atoms with E-state index in [4.69, 9.17) is 5.11 Å². The Kier molecular flexibility index (Phi) is 4.36. The van der Waals surface area contributed by atoms with Crippen LogP contribution in [0.3, 0.4) is 0 Å². The van der Waals surface area contributed by atoms with Crippen LogP contribution in [-0.4, -0.2) is 41.9 Å². The third kappa shape index (κ3) is 2.82. The number of aromatic nitrogens is 1. The van der Waals surface area contributed by atoms with E-state index in [2.05, 4.69) is 4.98 Å². The topological polar surface area (TPSA) is 87.6 Å². The normalized spacial score (nSPS) is 13.6. The zero-order chi connectivity index (χ0) is 13.9. The van der Waals surface area contributed by atoms with Gasteiger partial charge in [-0.05, 0) is 12.5 Å². The summed E-state index contributed by atoms with van der Waals surface area (Å²) in [5, 5.41) is 8.91. The largest absolute Gasteiger partial charge is 0.480 e. The molecule has 0 bridgehead atoms. The summed E-state index contributed by atoms with van der Waals surface area (Å²) >= 11 is 0. The molecule has 0 saturated heterocycles. The maximum absolute atomic E-state index is 12.9. The van der Waals surface area contributed by atoms with E-state index in [0.717, 1.165) is 25.5 Å². The van der Waals surface area contributed by atoms with Crippen molar-refractivity contribution in [3.05, 3.63) is 24.3 Å². The zero-order valence-corrected chi connectivity index (χ0v) is 10.7.